The van der Waals surface area contributed by atoms with Crippen molar-refractivity contribution in [3.63, 3.8) is 0 Å². The number of carboxylic acid groups (broad SMARTS) is 1. The number of hydrogen-bond donors (Lipinski definition) is 1. The average Bonchev–Trinajstić information content (AvgIpc) is 2.55. The Hall–Kier alpha value is 0.550. The zero-order valence-electron chi connectivity index (χ0n) is 7.94. The smallest absolute Gasteiger partial charge is 0.322 e. The monoisotopic (exact) mass is 298 g/mol. The number of rotatable bonds is 4. The van der Waals surface area contributed by atoms with Crippen LogP contribution in [0.2, 0.25) is 0 Å². The molecule has 1 heterocycles. The maximum absolute atomic E-state index is 10.8. The zero-order chi connectivity index (χ0) is 9.84. The van der Waals surface area contributed by atoms with Crippen molar-refractivity contribution in [3.05, 3.63) is 0 Å². The van der Waals surface area contributed by atoms with Crippen molar-refractivity contribution >= 4 is 54.0 Å². The Kier molecular flexibility index (Phi) is 10.4. The third kappa shape index (κ3) is 4.51. The van der Waals surface area contributed by atoms with E-state index in [2.05, 4.69) is 0 Å². The summed E-state index contributed by atoms with van der Waals surface area (Å²) in [7, 11) is 0. The lowest BCUT2D eigenvalue weighted by molar-refractivity contribution is -0.148. The van der Waals surface area contributed by atoms with Crippen LogP contribution in [-0.4, -0.2) is 45.7 Å². The van der Waals surface area contributed by atoms with Crippen molar-refractivity contribution in [3.8, 4) is 0 Å². The van der Waals surface area contributed by atoms with E-state index in [1.807, 2.05) is 0 Å². The molecule has 1 aliphatic rings. The van der Waals surface area contributed by atoms with Gasteiger partial charge in [-0.3, -0.25) is 4.79 Å². The van der Waals surface area contributed by atoms with Crippen LogP contribution in [0.25, 0.3) is 0 Å². The first-order valence-electron chi connectivity index (χ1n) is 4.07. The molecule has 0 radical (unpaired) electrons. The summed E-state index contributed by atoms with van der Waals surface area (Å²) in [6.45, 7) is 0.719. The fourth-order valence-corrected chi connectivity index (χ4v) is 2.04. The van der Waals surface area contributed by atoms with Gasteiger partial charge in [0.2, 0.25) is 0 Å². The summed E-state index contributed by atoms with van der Waals surface area (Å²) in [5, 5.41) is 12.2. The molecule has 4 nitrogen and oxygen atoms in total. The fraction of sp³-hybridized carbons (Fsp3) is 0.857. The SMILES string of the molecule is Cl.Cl.O=C(O)C1CCCN1N(CCl)CCl. The summed E-state index contributed by atoms with van der Waals surface area (Å²) in [5.41, 5.74) is 0. The van der Waals surface area contributed by atoms with Gasteiger partial charge < -0.3 is 5.11 Å². The molecule has 0 aliphatic carbocycles. The van der Waals surface area contributed by atoms with Crippen LogP contribution in [0.5, 0.6) is 0 Å². The van der Waals surface area contributed by atoms with Crippen molar-refractivity contribution in [2.75, 3.05) is 18.6 Å². The Balaban J connectivity index is 0. The van der Waals surface area contributed by atoms with Crippen LogP contribution in [0.3, 0.4) is 0 Å². The minimum absolute atomic E-state index is 0. The summed E-state index contributed by atoms with van der Waals surface area (Å²) in [5.74, 6) is -0.808. The molecule has 0 amide bonds. The number of carbonyl (C=O) groups is 1. The van der Waals surface area contributed by atoms with Gasteiger partial charge in [-0.2, -0.15) is 0 Å². The number of halogens is 4. The lowest BCUT2D eigenvalue weighted by atomic mass is 10.2. The molecule has 0 aromatic heterocycles. The highest BCUT2D eigenvalue weighted by Gasteiger charge is 2.33. The van der Waals surface area contributed by atoms with E-state index in [0.717, 1.165) is 13.0 Å². The van der Waals surface area contributed by atoms with Crippen LogP contribution < -0.4 is 0 Å². The molecule has 1 N–H and O–H groups in total. The van der Waals surface area contributed by atoms with Gasteiger partial charge >= 0.3 is 5.97 Å². The van der Waals surface area contributed by atoms with Crippen molar-refractivity contribution in [2.45, 2.75) is 18.9 Å². The summed E-state index contributed by atoms with van der Waals surface area (Å²) in [4.78, 5) is 10.8. The van der Waals surface area contributed by atoms with E-state index < -0.39 is 12.0 Å². The van der Waals surface area contributed by atoms with Gasteiger partial charge in [-0.05, 0) is 12.8 Å². The highest BCUT2D eigenvalue weighted by Crippen LogP contribution is 2.20. The number of hydrogen-bond acceptors (Lipinski definition) is 3. The van der Waals surface area contributed by atoms with Crippen molar-refractivity contribution in [1.82, 2.24) is 10.0 Å². The lowest BCUT2D eigenvalue weighted by Gasteiger charge is -2.30. The molecule has 92 valence electrons. The first kappa shape index (κ1) is 17.9. The molecule has 0 spiro atoms. The van der Waals surface area contributed by atoms with Gasteiger partial charge in [0.15, 0.2) is 0 Å². The van der Waals surface area contributed by atoms with Crippen LogP contribution in [-0.2, 0) is 4.79 Å². The standard InChI is InChI=1S/C7H12Cl2N2O2.2ClH/c8-4-10(5-9)11-3-1-2-6(11)7(12)13;;/h6H,1-5H2,(H,12,13);2*1H. The molecular weight excluding hydrogens is 286 g/mol. The number of nitrogens with zero attached hydrogens (tertiary/aromatic N) is 2. The van der Waals surface area contributed by atoms with Gasteiger partial charge in [-0.15, -0.1) is 48.0 Å². The van der Waals surface area contributed by atoms with Gasteiger partial charge in [0, 0.05) is 6.54 Å². The van der Waals surface area contributed by atoms with Crippen LogP contribution in [0.1, 0.15) is 12.8 Å². The van der Waals surface area contributed by atoms with Crippen LogP contribution in [0.4, 0.5) is 0 Å². The molecule has 0 aromatic rings. The molecule has 1 atom stereocenters. The van der Waals surface area contributed by atoms with Crippen molar-refractivity contribution in [1.29, 1.82) is 0 Å². The normalized spacial score (nSPS) is 20.9. The maximum Gasteiger partial charge on any atom is 0.322 e. The first-order valence-corrected chi connectivity index (χ1v) is 5.14. The second-order valence-corrected chi connectivity index (χ2v) is 3.38. The van der Waals surface area contributed by atoms with Crippen molar-refractivity contribution in [2.24, 2.45) is 0 Å². The topological polar surface area (TPSA) is 43.8 Å². The maximum atomic E-state index is 10.8. The molecule has 0 bridgehead atoms. The van der Waals surface area contributed by atoms with Gasteiger partial charge in [0.05, 0.1) is 12.0 Å². The Bertz CT molecular complexity index is 192. The van der Waals surface area contributed by atoms with Crippen LogP contribution >= 0.6 is 48.0 Å². The Morgan fingerprint density at radius 1 is 1.40 bits per heavy atom. The molecule has 1 saturated heterocycles. The van der Waals surface area contributed by atoms with Gasteiger partial charge in [0.1, 0.15) is 6.04 Å². The van der Waals surface area contributed by atoms with Gasteiger partial charge in [0.25, 0.3) is 0 Å². The molecule has 1 fully saturated rings. The largest absolute Gasteiger partial charge is 0.480 e. The Morgan fingerprint density at radius 3 is 2.33 bits per heavy atom. The molecule has 1 unspecified atom stereocenters. The second-order valence-electron chi connectivity index (χ2n) is 2.90. The third-order valence-corrected chi connectivity index (χ3v) is 2.70. The highest BCUT2D eigenvalue weighted by molar-refractivity contribution is 6.19. The quantitative estimate of drug-likeness (QED) is 0.637. The predicted molar refractivity (Wildman–Crippen MR) is 65.1 cm³/mol. The molecular formula is C7H14Cl4N2O2. The summed E-state index contributed by atoms with van der Waals surface area (Å²) >= 11 is 11.2. The molecule has 15 heavy (non-hydrogen) atoms. The van der Waals surface area contributed by atoms with E-state index in [1.165, 1.54) is 0 Å². The van der Waals surface area contributed by atoms with E-state index in [0.29, 0.717) is 6.42 Å². The predicted octanol–water partition coefficient (Wildman–Crippen LogP) is 1.99. The summed E-state index contributed by atoms with van der Waals surface area (Å²) in [6, 6.07) is -0.00176. The molecule has 0 aromatic carbocycles. The average molecular weight is 300 g/mol. The van der Waals surface area contributed by atoms with Crippen molar-refractivity contribution < 1.29 is 9.90 Å². The number of hydrazine groups is 1. The minimum Gasteiger partial charge on any atom is -0.480 e. The summed E-state index contributed by atoms with van der Waals surface area (Å²) < 4.78 is 0. The number of carboxylic acids is 1. The number of alkyl halides is 2. The molecule has 1 aliphatic heterocycles. The van der Waals surface area contributed by atoms with Gasteiger partial charge in [-0.1, -0.05) is 0 Å². The molecule has 8 heteroatoms. The summed E-state index contributed by atoms with van der Waals surface area (Å²) in [6.07, 6.45) is 1.54. The lowest BCUT2D eigenvalue weighted by Crippen LogP contribution is -2.47. The third-order valence-electron chi connectivity index (χ3n) is 2.15. The van der Waals surface area contributed by atoms with E-state index in [9.17, 15) is 4.79 Å². The van der Waals surface area contributed by atoms with E-state index in [4.69, 9.17) is 28.3 Å². The molecule has 1 rings (SSSR count). The minimum atomic E-state index is -0.808. The zero-order valence-corrected chi connectivity index (χ0v) is 11.1. The first-order chi connectivity index (χ1) is 6.20. The van der Waals surface area contributed by atoms with Gasteiger partial charge in [-0.25, -0.2) is 10.0 Å². The second kappa shape index (κ2) is 8.67. The fourth-order valence-electron chi connectivity index (χ4n) is 1.51. The Labute approximate surface area is 111 Å². The van der Waals surface area contributed by atoms with E-state index in [1.54, 1.807) is 10.0 Å². The number of aliphatic carboxylic acids is 1. The van der Waals surface area contributed by atoms with Crippen LogP contribution in [0.15, 0.2) is 0 Å². The van der Waals surface area contributed by atoms with E-state index >= 15 is 0 Å². The molecule has 0 saturated carbocycles. The van der Waals surface area contributed by atoms with E-state index in [-0.39, 0.29) is 36.8 Å². The Morgan fingerprint density at radius 2 is 1.93 bits per heavy atom. The van der Waals surface area contributed by atoms with Crippen LogP contribution in [0, 0.1) is 0 Å². The highest BCUT2D eigenvalue weighted by atomic mass is 35.5.